The van der Waals surface area contributed by atoms with Gasteiger partial charge in [-0.2, -0.15) is 130 Å². The maximum atomic E-state index is 15.9. The molecule has 6 aliphatic rings. The van der Waals surface area contributed by atoms with Crippen LogP contribution in [0.1, 0.15) is 44.5 Å². The van der Waals surface area contributed by atoms with E-state index in [9.17, 15) is 109 Å². The molecule has 2 aromatic heterocycles. The highest BCUT2D eigenvalue weighted by molar-refractivity contribution is 6.01. The van der Waals surface area contributed by atoms with Crippen molar-refractivity contribution in [3.63, 3.8) is 0 Å². The molecular weight excluding hydrogens is 2000 g/mol. The molecule has 0 saturated carbocycles. The number of aromatic nitrogens is 2. The summed E-state index contributed by atoms with van der Waals surface area (Å²) < 4.78 is 446. The SMILES string of the molecule is [C-]#[N+]C([N+]#[C-])=C1Cc2c(-c3c(F)c(F)c(C(F)(F)F)c(F)c3F)c3c(c(-c4c(F)c(F)c(C(F)(F)F)c(F)c4F)c2=C1[N+]#[C-])CC(=C(C#N)C#N)C=3C#N.[C-]#[N+]C([N+]#[C-])=C1Cc2c(-c3c(F)c(F)cc(F)c3F)c3c(c(-c4c(F)c(F)cc(F)c4F)c2=C1[N+]#[C-])CC(=C(C#N)C#N)C=3C#N.[C-]#[N+]C([N+]#[C-])=C1Cc2c(-c3c(F)c(F)nc(F)c3F)c3c(c(-c4c(F)c(F)nc(F)c4F)c2=C1[N+]#[C-])CC(=C(C#N)C#N)C=3C#N. The fourth-order valence-electron chi connectivity index (χ4n) is 17.5. The Hall–Kier alpha value is -20.8. The summed E-state index contributed by atoms with van der Waals surface area (Å²) in [7, 11) is 0. The van der Waals surface area contributed by atoms with Crippen LogP contribution in [0.2, 0.25) is 0 Å². The van der Waals surface area contributed by atoms with Gasteiger partial charge in [-0.3, -0.25) is 0 Å². The van der Waals surface area contributed by atoms with Crippen molar-refractivity contribution < 1.29 is 132 Å². The van der Waals surface area contributed by atoms with Crippen LogP contribution in [0.25, 0.3) is 144 Å². The summed E-state index contributed by atoms with van der Waals surface area (Å²) in [6.07, 6.45) is -18.1. The Labute approximate surface area is 790 Å². The Kier molecular flexibility index (Phi) is 26.6. The standard InChI is InChI=1S/C34H4F14N6.C32H6F8N6.C30H4F8N8/c1-52-31-13(32(53-2)54-3)5-12-16(19-23(35)27(39)21(33(43,44)45)28(40)24(19)36)15-11(4-10(14(15)8-51)9(6-49)7-50)17(18(12)31)20-25(37)29(41)22(34(46,47)48)30(42)26(20)38;1-44-31-15(32(45-2)46-3)5-14-22(25-27(37)17(33)6-18(34)28(25)38)21-13(4-12(16(21)10-43)11(8-41)9-42)23(24(14)31)26-29(39)19(35)7-20(36)30(26)40;1-42-25-13(30(43-2)44-3)5-12-16(19-21(31)26(35)45-27(36)22(19)32)15-11(4-10(14(15)8-41)9(6-39)7-40)17(18(12)25)20-23(33)28(37)46-29(38)24(20)34/h4-5H2;6-7H,4-5H2;4-5H2. The lowest BCUT2D eigenvalue weighted by atomic mass is 9.85. The quantitative estimate of drug-likeness (QED) is 0.0496. The number of hydrogen-bond acceptors (Lipinski definition) is 11. The Morgan fingerprint density at radius 1 is 0.240 bits per heavy atom. The van der Waals surface area contributed by atoms with Gasteiger partial charge < -0.3 is 0 Å². The van der Waals surface area contributed by atoms with E-state index in [2.05, 4.69) is 53.6 Å². The molecule has 15 rings (SSSR count). The Balaban J connectivity index is 0.000000184. The summed E-state index contributed by atoms with van der Waals surface area (Å²) in [4.78, 5) is 32.1. The molecule has 0 spiro atoms. The summed E-state index contributed by atoms with van der Waals surface area (Å²) in [6.45, 7) is 67.5. The highest BCUT2D eigenvalue weighted by Crippen LogP contribution is 2.51. The normalized spacial score (nSPS) is 13.0. The van der Waals surface area contributed by atoms with E-state index in [0.717, 1.165) is 0 Å². The molecule has 2 heterocycles. The van der Waals surface area contributed by atoms with Crippen LogP contribution in [0.5, 0.6) is 0 Å². The van der Waals surface area contributed by atoms with Gasteiger partial charge in [-0.25, -0.2) is 102 Å². The van der Waals surface area contributed by atoms with E-state index in [1.54, 1.807) is 12.1 Å². The maximum Gasteiger partial charge on any atom is 0.512 e. The van der Waals surface area contributed by atoms with Crippen molar-refractivity contribution in [2.45, 2.75) is 50.9 Å². The lowest BCUT2D eigenvalue weighted by molar-refractivity contribution is -0.144. The first-order valence-corrected chi connectivity index (χ1v) is 38.2. The fourth-order valence-corrected chi connectivity index (χ4v) is 17.5. The molecule has 50 heteroatoms. The largest absolute Gasteiger partial charge is 0.512 e. The molecular formula is C96H14F30N20. The number of pyridine rings is 2. The zero-order chi connectivity index (χ0) is 108. The second-order valence-electron chi connectivity index (χ2n) is 29.7. The van der Waals surface area contributed by atoms with Crippen molar-refractivity contribution in [2.75, 3.05) is 0 Å². The molecule has 0 radical (unpaired) electrons. The van der Waals surface area contributed by atoms with Gasteiger partial charge in [-0.15, -0.1) is 0 Å². The van der Waals surface area contributed by atoms with Crippen LogP contribution < -0.4 is 31.3 Å². The first kappa shape index (κ1) is 103. The molecule has 6 aliphatic carbocycles. The third-order valence-electron chi connectivity index (χ3n) is 23.0. The topological polar surface area (TPSA) is 279 Å². The van der Waals surface area contributed by atoms with E-state index >= 15 is 70.2 Å². The number of alkyl halides is 6. The summed E-state index contributed by atoms with van der Waals surface area (Å²) in [5.41, 5.74) is -39.3. The summed E-state index contributed by atoms with van der Waals surface area (Å²) in [5.74, 6) is -59.7. The van der Waals surface area contributed by atoms with Crippen molar-refractivity contribution in [2.24, 2.45) is 0 Å². The minimum atomic E-state index is -6.11. The summed E-state index contributed by atoms with van der Waals surface area (Å²) in [6, 6.07) is 12.8. The minimum Gasteiger partial charge on any atom is -0.238 e. The lowest BCUT2D eigenvalue weighted by Crippen LogP contribution is -2.27. The van der Waals surface area contributed by atoms with Gasteiger partial charge in [-0.1, -0.05) is 0 Å². The second-order valence-corrected chi connectivity index (χ2v) is 29.7. The number of benzene rings is 7. The van der Waals surface area contributed by atoms with Crippen molar-refractivity contribution in [3.05, 3.63) is 398 Å². The molecule has 9 aromatic rings. The Morgan fingerprint density at radius 3 is 0.596 bits per heavy atom. The van der Waals surface area contributed by atoms with Crippen molar-refractivity contribution in [1.29, 1.82) is 47.4 Å². The predicted molar refractivity (Wildman–Crippen MR) is 429 cm³/mol. The van der Waals surface area contributed by atoms with Gasteiger partial charge >= 0.3 is 29.8 Å². The smallest absolute Gasteiger partial charge is 0.238 e. The van der Waals surface area contributed by atoms with Crippen LogP contribution in [-0.2, 0) is 50.9 Å². The van der Waals surface area contributed by atoms with E-state index in [1.165, 1.54) is 42.5 Å². The van der Waals surface area contributed by atoms with Crippen LogP contribution in [0, 0.1) is 301 Å². The van der Waals surface area contributed by atoms with Crippen LogP contribution in [0.15, 0.2) is 79.8 Å². The van der Waals surface area contributed by atoms with Gasteiger partial charge in [0.05, 0.1) is 86.5 Å². The summed E-state index contributed by atoms with van der Waals surface area (Å²) in [5, 5.41) is 82.5. The van der Waals surface area contributed by atoms with E-state index < -0.39 is 435 Å². The molecule has 0 bridgehead atoms. The zero-order valence-electron chi connectivity index (χ0n) is 69.7. The number of nitrogens with zero attached hydrogens (tertiary/aromatic N) is 20. The van der Waals surface area contributed by atoms with E-state index in [4.69, 9.17) is 59.1 Å². The van der Waals surface area contributed by atoms with Crippen LogP contribution in [0.4, 0.5) is 132 Å². The van der Waals surface area contributed by atoms with Gasteiger partial charge in [0.15, 0.2) is 133 Å². The Bertz CT molecular complexity index is 8290. The number of hydrogen-bond donors (Lipinski definition) is 0. The number of allylic oxidation sites excluding steroid dienone is 6. The van der Waals surface area contributed by atoms with Crippen molar-refractivity contribution >= 4 is 33.8 Å². The van der Waals surface area contributed by atoms with Crippen LogP contribution in [-0.4, -0.2) is 9.97 Å². The highest BCUT2D eigenvalue weighted by Gasteiger charge is 2.50. The zero-order valence-corrected chi connectivity index (χ0v) is 69.7. The third kappa shape index (κ3) is 15.3. The average molecular weight is 2020 g/mol. The average Bonchev–Trinajstić information content (AvgIpc) is 1.59. The molecule has 0 aliphatic heterocycles. The predicted octanol–water partition coefficient (Wildman–Crippen LogP) is 19.9. The Morgan fingerprint density at radius 2 is 0.418 bits per heavy atom. The minimum absolute atomic E-state index is 0.133. The number of halogens is 30. The van der Waals surface area contributed by atoms with Crippen molar-refractivity contribution in [1.82, 2.24) is 9.97 Å². The van der Waals surface area contributed by atoms with Crippen LogP contribution >= 0.6 is 0 Å². The lowest BCUT2D eigenvalue weighted by Gasteiger charge is -2.21. The number of fused-ring (bicyclic) bond motifs is 6. The van der Waals surface area contributed by atoms with E-state index in [1.807, 2.05) is 0 Å². The number of nitriles is 9. The highest BCUT2D eigenvalue weighted by atomic mass is 19.4. The van der Waals surface area contributed by atoms with E-state index in [0.29, 0.717) is 0 Å². The molecule has 0 atom stereocenters. The second kappa shape index (κ2) is 37.9. The van der Waals surface area contributed by atoms with Gasteiger partial charge in [0.2, 0.25) is 0 Å². The van der Waals surface area contributed by atoms with Gasteiger partial charge in [0.1, 0.15) is 122 Å². The van der Waals surface area contributed by atoms with Crippen molar-refractivity contribution in [3.8, 4) is 121 Å². The molecule has 0 amide bonds. The fraction of sp³-hybridized carbons (Fsp3) is 0.0833. The molecule has 0 saturated heterocycles. The molecule has 708 valence electrons. The molecule has 0 fully saturated rings. The van der Waals surface area contributed by atoms with Gasteiger partial charge in [0.25, 0.3) is 23.8 Å². The summed E-state index contributed by atoms with van der Waals surface area (Å²) >= 11 is 0. The monoisotopic (exact) mass is 2020 g/mol. The third-order valence-corrected chi connectivity index (χ3v) is 23.0. The molecule has 0 unspecified atom stereocenters. The van der Waals surface area contributed by atoms with Gasteiger partial charge in [-0.05, 0) is 102 Å². The molecule has 146 heavy (non-hydrogen) atoms. The van der Waals surface area contributed by atoms with Crippen LogP contribution in [0.3, 0.4) is 0 Å². The molecule has 0 N–H and O–H groups in total. The maximum absolute atomic E-state index is 15.9. The number of rotatable bonds is 6. The first-order chi connectivity index (χ1) is 69.0. The molecule has 7 aromatic carbocycles. The van der Waals surface area contributed by atoms with E-state index in [-0.39, 0.29) is 12.1 Å². The van der Waals surface area contributed by atoms with Gasteiger partial charge in [0, 0.05) is 63.8 Å². The molecule has 20 nitrogen and oxygen atoms in total. The first-order valence-electron chi connectivity index (χ1n) is 38.2.